The first kappa shape index (κ1) is 20.4. The van der Waals surface area contributed by atoms with Gasteiger partial charge in [-0.2, -0.15) is 4.98 Å². The highest BCUT2D eigenvalue weighted by Crippen LogP contribution is 2.40. The summed E-state index contributed by atoms with van der Waals surface area (Å²) >= 11 is 0. The van der Waals surface area contributed by atoms with E-state index in [4.69, 9.17) is 4.98 Å². The lowest BCUT2D eigenvalue weighted by molar-refractivity contribution is -0.125. The smallest absolute Gasteiger partial charge is 0.234 e. The minimum atomic E-state index is -0.479. The largest absolute Gasteiger partial charge is 0.378 e. The lowest BCUT2D eigenvalue weighted by Crippen LogP contribution is -2.45. The van der Waals surface area contributed by atoms with Crippen molar-refractivity contribution >= 4 is 34.7 Å². The van der Waals surface area contributed by atoms with Crippen molar-refractivity contribution < 1.29 is 4.79 Å². The maximum Gasteiger partial charge on any atom is 0.234 e. The Balaban J connectivity index is 1.69. The molecule has 7 nitrogen and oxygen atoms in total. The summed E-state index contributed by atoms with van der Waals surface area (Å²) in [7, 11) is 5.88. The van der Waals surface area contributed by atoms with E-state index >= 15 is 0 Å². The maximum atomic E-state index is 13.1. The second-order valence-corrected chi connectivity index (χ2v) is 9.28. The number of hydrogen-bond donors (Lipinski definition) is 1. The molecular weight excluding hydrogens is 376 g/mol. The Morgan fingerprint density at radius 3 is 2.43 bits per heavy atom. The van der Waals surface area contributed by atoms with Gasteiger partial charge in [0.05, 0.1) is 11.6 Å². The van der Waals surface area contributed by atoms with E-state index in [0.29, 0.717) is 18.5 Å². The lowest BCUT2D eigenvalue weighted by Gasteiger charge is -2.34. The normalized spacial score (nSPS) is 18.9. The fraction of sp³-hybridized carbons (Fsp3) is 0.522. The van der Waals surface area contributed by atoms with Gasteiger partial charge >= 0.3 is 0 Å². The van der Waals surface area contributed by atoms with Gasteiger partial charge in [-0.25, -0.2) is 4.98 Å². The van der Waals surface area contributed by atoms with Crippen LogP contribution in [0.4, 0.5) is 28.8 Å². The number of aromatic nitrogens is 2. The van der Waals surface area contributed by atoms with Crippen molar-refractivity contribution in [2.24, 2.45) is 5.41 Å². The van der Waals surface area contributed by atoms with Gasteiger partial charge in [0, 0.05) is 45.1 Å². The first-order chi connectivity index (χ1) is 14.3. The van der Waals surface area contributed by atoms with Crippen molar-refractivity contribution in [2.45, 2.75) is 45.6 Å². The van der Waals surface area contributed by atoms with E-state index in [1.807, 2.05) is 47.1 Å². The molecule has 1 fully saturated rings. The van der Waals surface area contributed by atoms with Crippen molar-refractivity contribution in [1.29, 1.82) is 0 Å². The molecule has 0 saturated heterocycles. The zero-order chi connectivity index (χ0) is 21.5. The SMILES string of the molecule is CN(C)c1ccc(Nc2ncc3c(n2)N(C2CCCC2)CC(C)(C)C(=O)N3C)cc1. The molecule has 2 aliphatic rings. The van der Waals surface area contributed by atoms with Gasteiger partial charge in [-0.15, -0.1) is 0 Å². The van der Waals surface area contributed by atoms with Crippen LogP contribution < -0.4 is 20.0 Å². The molecule has 30 heavy (non-hydrogen) atoms. The molecule has 1 aliphatic carbocycles. The van der Waals surface area contributed by atoms with Crippen LogP contribution in [0, 0.1) is 5.41 Å². The van der Waals surface area contributed by atoms with E-state index in [0.717, 1.165) is 35.7 Å². The molecule has 0 radical (unpaired) electrons. The molecule has 1 amide bonds. The number of carbonyl (C=O) groups excluding carboxylic acids is 1. The highest BCUT2D eigenvalue weighted by Gasteiger charge is 2.41. The van der Waals surface area contributed by atoms with E-state index in [2.05, 4.69) is 32.2 Å². The molecule has 1 aliphatic heterocycles. The first-order valence-corrected chi connectivity index (χ1v) is 10.7. The topological polar surface area (TPSA) is 64.6 Å². The fourth-order valence-electron chi connectivity index (χ4n) is 4.50. The molecular formula is C23H32N6O. The Morgan fingerprint density at radius 1 is 1.13 bits per heavy atom. The Kier molecular flexibility index (Phi) is 5.30. The van der Waals surface area contributed by atoms with Crippen LogP contribution in [0.2, 0.25) is 0 Å². The number of benzene rings is 1. The van der Waals surface area contributed by atoms with Crippen LogP contribution in [0.5, 0.6) is 0 Å². The molecule has 4 rings (SSSR count). The van der Waals surface area contributed by atoms with Crippen molar-refractivity contribution in [3.8, 4) is 0 Å². The quantitative estimate of drug-likeness (QED) is 0.824. The van der Waals surface area contributed by atoms with Crippen LogP contribution in [0.1, 0.15) is 39.5 Å². The molecule has 0 bridgehead atoms. The third kappa shape index (κ3) is 3.80. The molecule has 0 spiro atoms. The third-order valence-corrected chi connectivity index (χ3v) is 6.24. The van der Waals surface area contributed by atoms with Crippen LogP contribution in [0.15, 0.2) is 30.5 Å². The highest BCUT2D eigenvalue weighted by atomic mass is 16.2. The molecule has 0 unspecified atom stereocenters. The van der Waals surface area contributed by atoms with Crippen LogP contribution in [-0.4, -0.2) is 49.6 Å². The number of carbonyl (C=O) groups is 1. The molecule has 2 aromatic rings. The monoisotopic (exact) mass is 408 g/mol. The van der Waals surface area contributed by atoms with Crippen LogP contribution in [0.3, 0.4) is 0 Å². The predicted molar refractivity (Wildman–Crippen MR) is 123 cm³/mol. The van der Waals surface area contributed by atoms with Gasteiger partial charge in [0.15, 0.2) is 5.82 Å². The number of fused-ring (bicyclic) bond motifs is 1. The molecule has 1 saturated carbocycles. The highest BCUT2D eigenvalue weighted by molar-refractivity contribution is 6.00. The van der Waals surface area contributed by atoms with Gasteiger partial charge in [-0.3, -0.25) is 4.79 Å². The number of nitrogens with zero attached hydrogens (tertiary/aromatic N) is 5. The lowest BCUT2D eigenvalue weighted by atomic mass is 9.91. The van der Waals surface area contributed by atoms with Gasteiger partial charge in [0.25, 0.3) is 0 Å². The van der Waals surface area contributed by atoms with E-state index in [1.165, 1.54) is 12.8 Å². The van der Waals surface area contributed by atoms with E-state index in [1.54, 1.807) is 11.1 Å². The van der Waals surface area contributed by atoms with Gasteiger partial charge < -0.3 is 20.0 Å². The van der Waals surface area contributed by atoms with Crippen LogP contribution in [0.25, 0.3) is 0 Å². The van der Waals surface area contributed by atoms with E-state index < -0.39 is 5.41 Å². The predicted octanol–water partition coefficient (Wildman–Crippen LogP) is 4.04. The van der Waals surface area contributed by atoms with Gasteiger partial charge in [0.2, 0.25) is 11.9 Å². The molecule has 0 atom stereocenters. The summed E-state index contributed by atoms with van der Waals surface area (Å²) < 4.78 is 0. The zero-order valence-electron chi connectivity index (χ0n) is 18.6. The second-order valence-electron chi connectivity index (χ2n) is 9.28. The van der Waals surface area contributed by atoms with Gasteiger partial charge in [-0.1, -0.05) is 12.8 Å². The summed E-state index contributed by atoms with van der Waals surface area (Å²) in [6.07, 6.45) is 6.53. The number of hydrogen-bond acceptors (Lipinski definition) is 6. The molecule has 160 valence electrons. The third-order valence-electron chi connectivity index (χ3n) is 6.24. The minimum Gasteiger partial charge on any atom is -0.378 e. The second kappa shape index (κ2) is 7.78. The summed E-state index contributed by atoms with van der Waals surface area (Å²) in [5.74, 6) is 1.51. The summed E-state index contributed by atoms with van der Waals surface area (Å²) in [5, 5.41) is 3.33. The fourth-order valence-corrected chi connectivity index (χ4v) is 4.50. The number of anilines is 5. The zero-order valence-corrected chi connectivity index (χ0v) is 18.6. The Bertz CT molecular complexity index is 918. The molecule has 1 aromatic carbocycles. The Hall–Kier alpha value is -2.83. The molecule has 1 aromatic heterocycles. The molecule has 1 N–H and O–H groups in total. The van der Waals surface area contributed by atoms with E-state index in [9.17, 15) is 4.79 Å². The summed E-state index contributed by atoms with van der Waals surface area (Å²) in [5.41, 5.74) is 2.38. The maximum absolute atomic E-state index is 13.1. The average Bonchev–Trinajstić information content (AvgIpc) is 3.24. The van der Waals surface area contributed by atoms with Crippen molar-refractivity contribution in [3.05, 3.63) is 30.5 Å². The van der Waals surface area contributed by atoms with Crippen molar-refractivity contribution in [1.82, 2.24) is 9.97 Å². The van der Waals surface area contributed by atoms with E-state index in [-0.39, 0.29) is 5.91 Å². The van der Waals surface area contributed by atoms with Crippen molar-refractivity contribution in [3.63, 3.8) is 0 Å². The van der Waals surface area contributed by atoms with Gasteiger partial charge in [-0.05, 0) is 51.0 Å². The van der Waals surface area contributed by atoms with Crippen molar-refractivity contribution in [2.75, 3.05) is 47.7 Å². The minimum absolute atomic E-state index is 0.104. The summed E-state index contributed by atoms with van der Waals surface area (Å²) in [4.78, 5) is 28.6. The van der Waals surface area contributed by atoms with Crippen LogP contribution in [-0.2, 0) is 4.79 Å². The summed E-state index contributed by atoms with van der Waals surface area (Å²) in [6, 6.07) is 8.59. The summed E-state index contributed by atoms with van der Waals surface area (Å²) in [6.45, 7) is 4.72. The Morgan fingerprint density at radius 2 is 1.80 bits per heavy atom. The number of rotatable bonds is 4. The van der Waals surface area contributed by atoms with Gasteiger partial charge in [0.1, 0.15) is 5.69 Å². The molecule has 2 heterocycles. The average molecular weight is 409 g/mol. The standard InChI is InChI=1S/C23H32N6O/c1-23(2)15-29(18-8-6-7-9-18)20-19(28(5)21(23)30)14-24-22(26-20)25-16-10-12-17(13-11-16)27(3)4/h10-14,18H,6-9,15H2,1-5H3,(H,24,25,26). The molecule has 7 heteroatoms. The number of amides is 1. The number of nitrogens with one attached hydrogen (secondary N) is 1. The van der Waals surface area contributed by atoms with Crippen LogP contribution >= 0.6 is 0 Å². The Labute approximate surface area is 179 Å². The first-order valence-electron chi connectivity index (χ1n) is 10.7.